The Labute approximate surface area is 153 Å². The molecule has 3 aromatic heterocycles. The van der Waals surface area contributed by atoms with Gasteiger partial charge in [-0.15, -0.1) is 0 Å². The highest BCUT2D eigenvalue weighted by Crippen LogP contribution is 2.29. The first kappa shape index (κ1) is 16.2. The van der Waals surface area contributed by atoms with Crippen molar-refractivity contribution < 1.29 is 13.9 Å². The third-order valence-corrected chi connectivity index (χ3v) is 5.16. The standard InChI is InChI=1S/C18H19N5O4/c1-10-6-15-19-7-12(18(25)23(15)21-10)17(24)22-4-2-14-13(8-22)20-16(27-14)11-3-5-26-9-11/h6-7,11,21H,2-5,8-9H2,1H3. The Bertz CT molecular complexity index is 1090. The van der Waals surface area contributed by atoms with Crippen LogP contribution in [0.5, 0.6) is 0 Å². The fraction of sp³-hybridized carbons (Fsp3) is 0.444. The highest BCUT2D eigenvalue weighted by Gasteiger charge is 2.30. The zero-order chi connectivity index (χ0) is 18.5. The topological polar surface area (TPSA) is 106 Å². The molecule has 27 heavy (non-hydrogen) atoms. The molecule has 0 bridgehead atoms. The molecule has 1 N–H and O–H groups in total. The van der Waals surface area contributed by atoms with Crippen molar-refractivity contribution in [1.82, 2.24) is 24.5 Å². The Balaban J connectivity index is 1.42. The molecule has 140 valence electrons. The Morgan fingerprint density at radius 1 is 1.41 bits per heavy atom. The van der Waals surface area contributed by atoms with Crippen LogP contribution < -0.4 is 5.56 Å². The van der Waals surface area contributed by atoms with E-state index < -0.39 is 5.56 Å². The Morgan fingerprint density at radius 3 is 3.11 bits per heavy atom. The number of fused-ring (bicyclic) bond motifs is 2. The third-order valence-electron chi connectivity index (χ3n) is 5.16. The minimum absolute atomic E-state index is 0.0470. The molecule has 0 aliphatic carbocycles. The van der Waals surface area contributed by atoms with Gasteiger partial charge in [-0.2, -0.15) is 0 Å². The lowest BCUT2D eigenvalue weighted by Crippen LogP contribution is -2.39. The average molecular weight is 369 g/mol. The molecular weight excluding hydrogens is 350 g/mol. The molecule has 0 saturated carbocycles. The van der Waals surface area contributed by atoms with Crippen molar-refractivity contribution in [2.24, 2.45) is 0 Å². The first-order valence-electron chi connectivity index (χ1n) is 9.03. The lowest BCUT2D eigenvalue weighted by molar-refractivity contribution is 0.0725. The van der Waals surface area contributed by atoms with Gasteiger partial charge >= 0.3 is 0 Å². The molecule has 2 aliphatic rings. The normalized spacial score (nSPS) is 19.6. The lowest BCUT2D eigenvalue weighted by atomic mass is 10.1. The maximum atomic E-state index is 12.9. The number of H-pyrrole nitrogens is 1. The summed E-state index contributed by atoms with van der Waals surface area (Å²) in [5.74, 6) is 1.36. The number of rotatable bonds is 2. The van der Waals surface area contributed by atoms with Crippen LogP contribution >= 0.6 is 0 Å². The number of hydrogen-bond donors (Lipinski definition) is 1. The van der Waals surface area contributed by atoms with Crippen molar-refractivity contribution in [3.05, 3.63) is 51.2 Å². The van der Waals surface area contributed by atoms with Gasteiger partial charge in [-0.05, 0) is 13.3 Å². The number of carbonyl (C=O) groups is 1. The van der Waals surface area contributed by atoms with Crippen LogP contribution in [-0.2, 0) is 17.7 Å². The summed E-state index contributed by atoms with van der Waals surface area (Å²) >= 11 is 0. The van der Waals surface area contributed by atoms with E-state index in [-0.39, 0.29) is 17.4 Å². The lowest BCUT2D eigenvalue weighted by Gasteiger charge is -2.24. The van der Waals surface area contributed by atoms with Crippen molar-refractivity contribution >= 4 is 11.6 Å². The van der Waals surface area contributed by atoms with Crippen LogP contribution in [0.15, 0.2) is 21.5 Å². The van der Waals surface area contributed by atoms with E-state index in [1.54, 1.807) is 11.0 Å². The molecule has 1 atom stereocenters. The van der Waals surface area contributed by atoms with Crippen LogP contribution in [0.1, 0.15) is 45.7 Å². The van der Waals surface area contributed by atoms with Crippen molar-refractivity contribution in [1.29, 1.82) is 0 Å². The van der Waals surface area contributed by atoms with E-state index in [4.69, 9.17) is 9.15 Å². The molecule has 9 heteroatoms. The second-order valence-electron chi connectivity index (χ2n) is 7.07. The highest BCUT2D eigenvalue weighted by atomic mass is 16.5. The molecule has 0 spiro atoms. The summed E-state index contributed by atoms with van der Waals surface area (Å²) in [5, 5.41) is 2.91. The second-order valence-corrected chi connectivity index (χ2v) is 7.07. The third kappa shape index (κ3) is 2.66. The first-order valence-corrected chi connectivity index (χ1v) is 9.03. The number of amides is 1. The molecule has 9 nitrogen and oxygen atoms in total. The number of aryl methyl sites for hydroxylation is 1. The van der Waals surface area contributed by atoms with Crippen molar-refractivity contribution in [3.8, 4) is 0 Å². The predicted molar refractivity (Wildman–Crippen MR) is 93.7 cm³/mol. The minimum atomic E-state index is -0.396. The quantitative estimate of drug-likeness (QED) is 0.723. The van der Waals surface area contributed by atoms with Crippen molar-refractivity contribution in [3.63, 3.8) is 0 Å². The van der Waals surface area contributed by atoms with E-state index in [9.17, 15) is 9.59 Å². The maximum Gasteiger partial charge on any atom is 0.285 e. The van der Waals surface area contributed by atoms with Crippen LogP contribution in [0, 0.1) is 6.92 Å². The number of hydrogen-bond acceptors (Lipinski definition) is 6. The summed E-state index contributed by atoms with van der Waals surface area (Å²) in [4.78, 5) is 36.0. The molecule has 1 fully saturated rings. The number of ether oxygens (including phenoxy) is 1. The summed E-state index contributed by atoms with van der Waals surface area (Å²) in [6.07, 6.45) is 2.84. The smallest absolute Gasteiger partial charge is 0.285 e. The molecule has 1 amide bonds. The van der Waals surface area contributed by atoms with Crippen LogP contribution in [0.3, 0.4) is 0 Å². The SMILES string of the molecule is Cc1cc2ncc(C(=O)N3CCc4oc(C5CCOC5)nc4C3)c(=O)n2[nH]1. The van der Waals surface area contributed by atoms with Crippen LogP contribution in [0.2, 0.25) is 0 Å². The molecule has 2 aliphatic heterocycles. The molecular formula is C18H19N5O4. The zero-order valence-corrected chi connectivity index (χ0v) is 14.9. The van der Waals surface area contributed by atoms with E-state index in [1.165, 1.54) is 10.7 Å². The largest absolute Gasteiger partial charge is 0.445 e. The Morgan fingerprint density at radius 2 is 2.30 bits per heavy atom. The monoisotopic (exact) mass is 369 g/mol. The van der Waals surface area contributed by atoms with Crippen molar-refractivity contribution in [2.75, 3.05) is 19.8 Å². The Hall–Kier alpha value is -2.94. The number of nitrogens with zero attached hydrogens (tertiary/aromatic N) is 4. The number of oxazole rings is 1. The van der Waals surface area contributed by atoms with E-state index in [1.807, 2.05) is 6.92 Å². The van der Waals surface area contributed by atoms with Gasteiger partial charge in [0.1, 0.15) is 17.0 Å². The molecule has 5 rings (SSSR count). The number of carbonyl (C=O) groups excluding carboxylic acids is 1. The fourth-order valence-electron chi connectivity index (χ4n) is 3.69. The van der Waals surface area contributed by atoms with Crippen LogP contribution in [0.4, 0.5) is 0 Å². The summed E-state index contributed by atoms with van der Waals surface area (Å²) < 4.78 is 12.6. The maximum absolute atomic E-state index is 12.9. The van der Waals surface area contributed by atoms with Gasteiger partial charge in [-0.3, -0.25) is 14.7 Å². The van der Waals surface area contributed by atoms with E-state index in [0.29, 0.717) is 37.7 Å². The summed E-state index contributed by atoms with van der Waals surface area (Å²) in [7, 11) is 0. The van der Waals surface area contributed by atoms with Crippen molar-refractivity contribution in [2.45, 2.75) is 32.2 Å². The van der Waals surface area contributed by atoms with Gasteiger partial charge in [0.25, 0.3) is 11.5 Å². The van der Waals surface area contributed by atoms with Gasteiger partial charge in [-0.25, -0.2) is 14.5 Å². The molecule has 1 saturated heterocycles. The van der Waals surface area contributed by atoms with Crippen LogP contribution in [-0.4, -0.2) is 50.1 Å². The van der Waals surface area contributed by atoms with Gasteiger partial charge in [0, 0.05) is 37.5 Å². The highest BCUT2D eigenvalue weighted by molar-refractivity contribution is 5.93. The number of aromatic nitrogens is 4. The minimum Gasteiger partial charge on any atom is -0.445 e. The number of aromatic amines is 1. The molecule has 3 aromatic rings. The van der Waals surface area contributed by atoms with E-state index in [2.05, 4.69) is 15.1 Å². The van der Waals surface area contributed by atoms with E-state index >= 15 is 0 Å². The van der Waals surface area contributed by atoms with E-state index in [0.717, 1.165) is 30.2 Å². The summed E-state index contributed by atoms with van der Waals surface area (Å²) in [6, 6.07) is 1.76. The van der Waals surface area contributed by atoms with Gasteiger partial charge in [0.15, 0.2) is 11.5 Å². The van der Waals surface area contributed by atoms with Gasteiger partial charge in [-0.1, -0.05) is 0 Å². The predicted octanol–water partition coefficient (Wildman–Crippen LogP) is 1.02. The van der Waals surface area contributed by atoms with Gasteiger partial charge in [0.2, 0.25) is 0 Å². The summed E-state index contributed by atoms with van der Waals surface area (Å²) in [5.41, 5.74) is 1.72. The number of nitrogens with one attached hydrogen (secondary N) is 1. The van der Waals surface area contributed by atoms with Crippen LogP contribution in [0.25, 0.3) is 5.65 Å². The fourth-order valence-corrected chi connectivity index (χ4v) is 3.69. The second kappa shape index (κ2) is 6.05. The van der Waals surface area contributed by atoms with Gasteiger partial charge < -0.3 is 14.1 Å². The molecule has 1 unspecified atom stereocenters. The molecule has 0 aromatic carbocycles. The first-order chi connectivity index (χ1) is 13.1. The zero-order valence-electron chi connectivity index (χ0n) is 14.9. The Kier molecular flexibility index (Phi) is 3.64. The summed E-state index contributed by atoms with van der Waals surface area (Å²) in [6.45, 7) is 3.99. The van der Waals surface area contributed by atoms with Gasteiger partial charge in [0.05, 0.1) is 19.1 Å². The molecule has 0 radical (unpaired) electrons. The average Bonchev–Trinajstić information content (AvgIpc) is 3.39. The molecule has 5 heterocycles.